The fraction of sp³-hybridized carbons (Fsp3) is 0.278. The van der Waals surface area contributed by atoms with E-state index in [1.54, 1.807) is 6.92 Å². The van der Waals surface area contributed by atoms with Gasteiger partial charge in [0.25, 0.3) is 21.6 Å². The Kier molecular flexibility index (Phi) is 5.55. The van der Waals surface area contributed by atoms with Crippen LogP contribution in [0.15, 0.2) is 47.4 Å². The highest BCUT2D eigenvalue weighted by Crippen LogP contribution is 2.24. The second kappa shape index (κ2) is 7.36. The summed E-state index contributed by atoms with van der Waals surface area (Å²) in [4.78, 5) is 22.2. The number of hydrogen-bond donors (Lipinski definition) is 2. The topological polar surface area (TPSA) is 118 Å². The molecule has 0 aliphatic heterocycles. The van der Waals surface area contributed by atoms with Crippen molar-refractivity contribution in [1.82, 2.24) is 5.32 Å². The van der Waals surface area contributed by atoms with E-state index >= 15 is 0 Å². The lowest BCUT2D eigenvalue weighted by Crippen LogP contribution is -2.40. The van der Waals surface area contributed by atoms with Gasteiger partial charge in [-0.3, -0.25) is 19.6 Å². The van der Waals surface area contributed by atoms with E-state index < -0.39 is 20.5 Å². The number of carbonyl (C=O) groups is 1. The lowest BCUT2D eigenvalue weighted by molar-refractivity contribution is -0.385. The second-order valence-corrected chi connectivity index (χ2v) is 8.74. The molecule has 0 radical (unpaired) electrons. The van der Waals surface area contributed by atoms with Crippen molar-refractivity contribution in [1.29, 1.82) is 0 Å². The predicted molar refractivity (Wildman–Crippen MR) is 102 cm³/mol. The van der Waals surface area contributed by atoms with Crippen molar-refractivity contribution in [3.63, 3.8) is 0 Å². The molecule has 2 rings (SSSR count). The zero-order valence-electron chi connectivity index (χ0n) is 15.4. The average molecular weight is 391 g/mol. The van der Waals surface area contributed by atoms with Gasteiger partial charge in [0.1, 0.15) is 0 Å². The highest BCUT2D eigenvalue weighted by molar-refractivity contribution is 7.92. The van der Waals surface area contributed by atoms with Gasteiger partial charge in [0, 0.05) is 28.9 Å². The van der Waals surface area contributed by atoms with Crippen LogP contribution in [-0.2, 0) is 10.0 Å². The summed E-state index contributed by atoms with van der Waals surface area (Å²) >= 11 is 0. The van der Waals surface area contributed by atoms with Gasteiger partial charge in [-0.1, -0.05) is 6.07 Å². The Morgan fingerprint density at radius 2 is 1.67 bits per heavy atom. The van der Waals surface area contributed by atoms with E-state index in [1.165, 1.54) is 36.4 Å². The van der Waals surface area contributed by atoms with Crippen molar-refractivity contribution in [2.24, 2.45) is 0 Å². The first-order valence-electron chi connectivity index (χ1n) is 8.09. The lowest BCUT2D eigenvalue weighted by Gasteiger charge is -2.20. The van der Waals surface area contributed by atoms with E-state index in [0.717, 1.165) is 6.07 Å². The molecule has 9 heteroatoms. The maximum absolute atomic E-state index is 12.6. The molecule has 0 spiro atoms. The Bertz CT molecular complexity index is 977. The van der Waals surface area contributed by atoms with Gasteiger partial charge in [0.05, 0.1) is 9.82 Å². The summed E-state index contributed by atoms with van der Waals surface area (Å²) < 4.78 is 27.6. The molecular formula is C18H21N3O5S. The normalized spacial score (nSPS) is 11.7. The highest BCUT2D eigenvalue weighted by Gasteiger charge is 2.21. The van der Waals surface area contributed by atoms with Gasteiger partial charge >= 0.3 is 0 Å². The van der Waals surface area contributed by atoms with Crippen molar-refractivity contribution < 1.29 is 18.1 Å². The van der Waals surface area contributed by atoms with Crippen molar-refractivity contribution in [2.75, 3.05) is 4.72 Å². The molecule has 0 fully saturated rings. The maximum atomic E-state index is 12.6. The molecular weight excluding hydrogens is 370 g/mol. The smallest absolute Gasteiger partial charge is 0.270 e. The van der Waals surface area contributed by atoms with Gasteiger partial charge in [-0.2, -0.15) is 0 Å². The largest absolute Gasteiger partial charge is 0.347 e. The number of amides is 1. The highest BCUT2D eigenvalue weighted by atomic mass is 32.2. The van der Waals surface area contributed by atoms with Gasteiger partial charge in [-0.25, -0.2) is 8.42 Å². The third-order valence-corrected chi connectivity index (χ3v) is 5.08. The summed E-state index contributed by atoms with van der Waals surface area (Å²) in [5, 5.41) is 13.7. The van der Waals surface area contributed by atoms with Gasteiger partial charge in [-0.15, -0.1) is 0 Å². The molecule has 0 bridgehead atoms. The van der Waals surface area contributed by atoms with Crippen molar-refractivity contribution in [2.45, 2.75) is 38.1 Å². The SMILES string of the molecule is Cc1ccc([N+](=O)[O-])cc1S(=O)(=O)Nc1ccc(C(=O)NC(C)(C)C)cc1. The molecule has 1 amide bonds. The summed E-state index contributed by atoms with van der Waals surface area (Å²) in [6, 6.07) is 9.56. The van der Waals surface area contributed by atoms with Crippen LogP contribution in [0.3, 0.4) is 0 Å². The summed E-state index contributed by atoms with van der Waals surface area (Å²) in [7, 11) is -4.02. The maximum Gasteiger partial charge on any atom is 0.270 e. The zero-order valence-corrected chi connectivity index (χ0v) is 16.3. The minimum Gasteiger partial charge on any atom is -0.347 e. The molecule has 0 atom stereocenters. The number of nitrogens with zero attached hydrogens (tertiary/aromatic N) is 1. The Morgan fingerprint density at radius 3 is 2.19 bits per heavy atom. The molecule has 0 aliphatic rings. The van der Waals surface area contributed by atoms with E-state index in [9.17, 15) is 23.3 Å². The van der Waals surface area contributed by atoms with E-state index in [0.29, 0.717) is 11.1 Å². The number of nitrogens with one attached hydrogen (secondary N) is 2. The average Bonchev–Trinajstić information content (AvgIpc) is 2.53. The molecule has 27 heavy (non-hydrogen) atoms. The molecule has 0 saturated carbocycles. The van der Waals surface area contributed by atoms with E-state index in [-0.39, 0.29) is 22.2 Å². The molecule has 8 nitrogen and oxygen atoms in total. The van der Waals surface area contributed by atoms with Crippen LogP contribution in [0.4, 0.5) is 11.4 Å². The second-order valence-electron chi connectivity index (χ2n) is 7.09. The number of benzene rings is 2. The first-order chi connectivity index (χ1) is 12.4. The minimum atomic E-state index is -4.02. The third kappa shape index (κ3) is 5.27. The van der Waals surface area contributed by atoms with Gasteiger partial charge < -0.3 is 5.32 Å². The van der Waals surface area contributed by atoms with Crippen LogP contribution in [0.25, 0.3) is 0 Å². The van der Waals surface area contributed by atoms with Gasteiger partial charge in [-0.05, 0) is 57.5 Å². The van der Waals surface area contributed by atoms with Crippen LogP contribution in [0.1, 0.15) is 36.7 Å². The van der Waals surface area contributed by atoms with Gasteiger partial charge in [0.2, 0.25) is 0 Å². The van der Waals surface area contributed by atoms with Crippen LogP contribution in [0, 0.1) is 17.0 Å². The minimum absolute atomic E-state index is 0.175. The first kappa shape index (κ1) is 20.4. The molecule has 0 heterocycles. The predicted octanol–water partition coefficient (Wildman–Crippen LogP) is 3.23. The fourth-order valence-electron chi connectivity index (χ4n) is 2.30. The number of rotatable bonds is 5. The molecule has 2 aromatic rings. The number of hydrogen-bond acceptors (Lipinski definition) is 5. The Labute approximate surface area is 157 Å². The van der Waals surface area contributed by atoms with E-state index in [2.05, 4.69) is 10.0 Å². The van der Waals surface area contributed by atoms with E-state index in [4.69, 9.17) is 0 Å². The quantitative estimate of drug-likeness (QED) is 0.599. The number of nitro groups is 1. The molecule has 144 valence electrons. The lowest BCUT2D eigenvalue weighted by atomic mass is 10.1. The van der Waals surface area contributed by atoms with Crippen LogP contribution in [0.5, 0.6) is 0 Å². The van der Waals surface area contributed by atoms with Crippen molar-refractivity contribution >= 4 is 27.3 Å². The Morgan fingerprint density at radius 1 is 1.07 bits per heavy atom. The monoisotopic (exact) mass is 391 g/mol. The first-order valence-corrected chi connectivity index (χ1v) is 9.58. The number of aryl methyl sites for hydroxylation is 1. The Balaban J connectivity index is 2.25. The summed E-state index contributed by atoms with van der Waals surface area (Å²) in [5.41, 5.74) is 0.314. The number of carbonyl (C=O) groups excluding carboxylic acids is 1. The number of non-ortho nitro benzene ring substituents is 1. The van der Waals surface area contributed by atoms with Crippen LogP contribution >= 0.6 is 0 Å². The summed E-state index contributed by atoms with van der Waals surface area (Å²) in [6.07, 6.45) is 0. The number of sulfonamides is 1. The summed E-state index contributed by atoms with van der Waals surface area (Å²) in [6.45, 7) is 7.12. The molecule has 0 saturated heterocycles. The molecule has 2 N–H and O–H groups in total. The van der Waals surface area contributed by atoms with Crippen LogP contribution < -0.4 is 10.0 Å². The standard InChI is InChI=1S/C18H21N3O5S/c1-12-5-10-15(21(23)24)11-16(12)27(25,26)20-14-8-6-13(7-9-14)17(22)19-18(2,3)4/h5-11,20H,1-4H3,(H,19,22). The number of anilines is 1. The molecule has 0 aromatic heterocycles. The Hall–Kier alpha value is -2.94. The molecule has 2 aromatic carbocycles. The zero-order chi connectivity index (χ0) is 20.4. The van der Waals surface area contributed by atoms with Crippen LogP contribution in [-0.4, -0.2) is 24.8 Å². The van der Waals surface area contributed by atoms with Crippen molar-refractivity contribution in [3.8, 4) is 0 Å². The van der Waals surface area contributed by atoms with Crippen molar-refractivity contribution in [3.05, 3.63) is 63.7 Å². The molecule has 0 unspecified atom stereocenters. The summed E-state index contributed by atoms with van der Waals surface area (Å²) in [5.74, 6) is -0.272. The van der Waals surface area contributed by atoms with Crippen LogP contribution in [0.2, 0.25) is 0 Å². The number of nitro benzene ring substituents is 1. The fourth-order valence-corrected chi connectivity index (χ4v) is 3.63. The third-order valence-electron chi connectivity index (χ3n) is 3.56. The van der Waals surface area contributed by atoms with E-state index in [1.807, 2.05) is 20.8 Å². The van der Waals surface area contributed by atoms with Gasteiger partial charge in [0.15, 0.2) is 0 Å². The molecule has 0 aliphatic carbocycles.